The zero-order valence-electron chi connectivity index (χ0n) is 11.7. The summed E-state index contributed by atoms with van der Waals surface area (Å²) >= 11 is 0. The van der Waals surface area contributed by atoms with E-state index in [0.717, 1.165) is 6.42 Å². The minimum Gasteiger partial charge on any atom is -0.480 e. The number of carbonyl (C=O) groups is 2. The monoisotopic (exact) mass is 315 g/mol. The van der Waals surface area contributed by atoms with E-state index in [2.05, 4.69) is 5.32 Å². The molecule has 1 unspecified atom stereocenters. The van der Waals surface area contributed by atoms with Crippen molar-refractivity contribution in [2.45, 2.75) is 43.6 Å². The van der Waals surface area contributed by atoms with E-state index in [1.165, 1.54) is 18.2 Å². The van der Waals surface area contributed by atoms with Gasteiger partial charge in [0.25, 0.3) is 0 Å². The highest BCUT2D eigenvalue weighted by atomic mass is 19.3. The van der Waals surface area contributed by atoms with Crippen molar-refractivity contribution in [2.75, 3.05) is 0 Å². The summed E-state index contributed by atoms with van der Waals surface area (Å²) in [5, 5.41) is 11.1. The van der Waals surface area contributed by atoms with Crippen molar-refractivity contribution >= 4 is 11.9 Å². The Kier molecular flexibility index (Phi) is 4.73. The van der Waals surface area contributed by atoms with Crippen LogP contribution in [0.2, 0.25) is 0 Å². The van der Waals surface area contributed by atoms with Gasteiger partial charge in [0, 0.05) is 6.42 Å². The molecule has 0 heterocycles. The third kappa shape index (κ3) is 3.23. The fraction of sp³-hybridized carbons (Fsp3) is 0.467. The van der Waals surface area contributed by atoms with Crippen LogP contribution in [0.3, 0.4) is 0 Å². The lowest BCUT2D eigenvalue weighted by Crippen LogP contribution is -2.54. The molecule has 4 nitrogen and oxygen atoms in total. The van der Waals surface area contributed by atoms with Crippen molar-refractivity contribution in [3.8, 4) is 0 Å². The Morgan fingerprint density at radius 1 is 1.32 bits per heavy atom. The van der Waals surface area contributed by atoms with Gasteiger partial charge in [-0.05, 0) is 30.5 Å². The lowest BCUT2D eigenvalue weighted by atomic mass is 9.63. The number of hydrogen-bond donors (Lipinski definition) is 2. The molecule has 2 N–H and O–H groups in total. The quantitative estimate of drug-likeness (QED) is 0.847. The van der Waals surface area contributed by atoms with Gasteiger partial charge in [-0.3, -0.25) is 4.79 Å². The van der Waals surface area contributed by atoms with Crippen molar-refractivity contribution in [3.05, 3.63) is 35.6 Å². The molecule has 22 heavy (non-hydrogen) atoms. The number of aliphatic carboxylic acids is 1. The topological polar surface area (TPSA) is 66.4 Å². The molecule has 0 aliphatic heterocycles. The normalized spacial score (nSPS) is 17.6. The van der Waals surface area contributed by atoms with E-state index in [1.54, 1.807) is 6.07 Å². The Balaban J connectivity index is 2.20. The molecule has 0 saturated heterocycles. The molecule has 2 rings (SSSR count). The van der Waals surface area contributed by atoms with Crippen LogP contribution in [0, 0.1) is 5.82 Å². The standard InChI is InChI=1S/C15H16F3NO3/c16-10-4-1-3-9(7-10)15(5-2-6-15)14(22)19-11(13(20)21)8-12(17)18/h1,3-4,7,11-12H,2,5-6,8H2,(H,19,22)(H,20,21). The van der Waals surface area contributed by atoms with Gasteiger partial charge >= 0.3 is 5.97 Å². The smallest absolute Gasteiger partial charge is 0.326 e. The summed E-state index contributed by atoms with van der Waals surface area (Å²) in [4.78, 5) is 23.4. The van der Waals surface area contributed by atoms with Crippen LogP contribution in [0.5, 0.6) is 0 Å². The largest absolute Gasteiger partial charge is 0.480 e. The number of carbonyl (C=O) groups excluding carboxylic acids is 1. The maximum atomic E-state index is 13.4. The number of halogens is 3. The highest BCUT2D eigenvalue weighted by Crippen LogP contribution is 2.44. The van der Waals surface area contributed by atoms with E-state index in [-0.39, 0.29) is 0 Å². The summed E-state index contributed by atoms with van der Waals surface area (Å²) in [6.45, 7) is 0. The van der Waals surface area contributed by atoms with Crippen molar-refractivity contribution < 1.29 is 27.9 Å². The molecule has 1 aliphatic rings. The second-order valence-electron chi connectivity index (χ2n) is 5.44. The van der Waals surface area contributed by atoms with Gasteiger partial charge in [-0.25, -0.2) is 18.0 Å². The zero-order valence-corrected chi connectivity index (χ0v) is 11.7. The van der Waals surface area contributed by atoms with Crippen LogP contribution in [-0.2, 0) is 15.0 Å². The number of alkyl halides is 2. The molecule has 0 bridgehead atoms. The molecule has 0 aromatic heterocycles. The fourth-order valence-electron chi connectivity index (χ4n) is 2.66. The molecule has 120 valence electrons. The number of nitrogens with one attached hydrogen (secondary N) is 1. The third-order valence-electron chi connectivity index (χ3n) is 4.04. The summed E-state index contributed by atoms with van der Waals surface area (Å²) < 4.78 is 38.2. The lowest BCUT2D eigenvalue weighted by Gasteiger charge is -2.41. The van der Waals surface area contributed by atoms with Crippen molar-refractivity contribution in [2.24, 2.45) is 0 Å². The Morgan fingerprint density at radius 2 is 2.00 bits per heavy atom. The molecule has 0 radical (unpaired) electrons. The van der Waals surface area contributed by atoms with Gasteiger partial charge in [-0.2, -0.15) is 0 Å². The van der Waals surface area contributed by atoms with Gasteiger partial charge in [0.1, 0.15) is 11.9 Å². The SMILES string of the molecule is O=C(O)C(CC(F)F)NC(=O)C1(c2cccc(F)c2)CCC1. The van der Waals surface area contributed by atoms with Gasteiger partial charge in [-0.15, -0.1) is 0 Å². The molecular weight excluding hydrogens is 299 g/mol. The molecule has 1 aromatic carbocycles. The summed E-state index contributed by atoms with van der Waals surface area (Å²) in [6, 6.07) is 3.86. The van der Waals surface area contributed by atoms with E-state index >= 15 is 0 Å². The number of benzene rings is 1. The first-order valence-corrected chi connectivity index (χ1v) is 6.93. The van der Waals surface area contributed by atoms with Crippen molar-refractivity contribution in [1.29, 1.82) is 0 Å². The van der Waals surface area contributed by atoms with Gasteiger partial charge in [0.2, 0.25) is 12.3 Å². The highest BCUT2D eigenvalue weighted by molar-refractivity contribution is 5.92. The molecular formula is C15H16F3NO3. The predicted molar refractivity (Wildman–Crippen MR) is 72.1 cm³/mol. The van der Waals surface area contributed by atoms with Gasteiger partial charge < -0.3 is 10.4 Å². The van der Waals surface area contributed by atoms with Crippen LogP contribution < -0.4 is 5.32 Å². The number of amides is 1. The van der Waals surface area contributed by atoms with Crippen molar-refractivity contribution in [1.82, 2.24) is 5.32 Å². The summed E-state index contributed by atoms with van der Waals surface area (Å²) in [7, 11) is 0. The molecule has 1 fully saturated rings. The average molecular weight is 315 g/mol. The second kappa shape index (κ2) is 6.37. The van der Waals surface area contributed by atoms with E-state index in [9.17, 15) is 22.8 Å². The van der Waals surface area contributed by atoms with Crippen molar-refractivity contribution in [3.63, 3.8) is 0 Å². The van der Waals surface area contributed by atoms with E-state index in [4.69, 9.17) is 5.11 Å². The summed E-state index contributed by atoms with van der Waals surface area (Å²) in [6.07, 6.45) is -2.20. The zero-order chi connectivity index (χ0) is 16.3. The second-order valence-corrected chi connectivity index (χ2v) is 5.44. The van der Waals surface area contributed by atoms with Crippen LogP contribution in [0.15, 0.2) is 24.3 Å². The van der Waals surface area contributed by atoms with Crippen LogP contribution in [-0.4, -0.2) is 29.5 Å². The minimum atomic E-state index is -2.84. The summed E-state index contributed by atoms with van der Waals surface area (Å²) in [5.41, 5.74) is -0.588. The minimum absolute atomic E-state index is 0.434. The number of carboxylic acid groups (broad SMARTS) is 1. The van der Waals surface area contributed by atoms with Gasteiger partial charge in [0.05, 0.1) is 5.41 Å². The van der Waals surface area contributed by atoms with Crippen LogP contribution >= 0.6 is 0 Å². The van der Waals surface area contributed by atoms with E-state index < -0.39 is 42.0 Å². The Bertz CT molecular complexity index is 573. The molecule has 0 spiro atoms. The Hall–Kier alpha value is -2.05. The fourth-order valence-corrected chi connectivity index (χ4v) is 2.66. The maximum Gasteiger partial charge on any atom is 0.326 e. The first-order chi connectivity index (χ1) is 10.3. The Labute approximate surface area is 125 Å². The van der Waals surface area contributed by atoms with Crippen LogP contribution in [0.4, 0.5) is 13.2 Å². The lowest BCUT2D eigenvalue weighted by molar-refractivity contribution is -0.144. The summed E-state index contributed by atoms with van der Waals surface area (Å²) in [5.74, 6) is -2.65. The molecule has 1 aliphatic carbocycles. The number of carboxylic acids is 1. The first-order valence-electron chi connectivity index (χ1n) is 6.93. The highest BCUT2D eigenvalue weighted by Gasteiger charge is 2.46. The molecule has 1 atom stereocenters. The van der Waals surface area contributed by atoms with Crippen LogP contribution in [0.25, 0.3) is 0 Å². The van der Waals surface area contributed by atoms with Gasteiger partial charge in [0.15, 0.2) is 0 Å². The Morgan fingerprint density at radius 3 is 2.45 bits per heavy atom. The molecule has 7 heteroatoms. The molecule has 1 saturated carbocycles. The number of rotatable bonds is 6. The average Bonchev–Trinajstić information content (AvgIpc) is 2.36. The molecule has 1 aromatic rings. The van der Waals surface area contributed by atoms with Crippen LogP contribution in [0.1, 0.15) is 31.2 Å². The van der Waals surface area contributed by atoms with E-state index in [1.807, 2.05) is 0 Å². The molecule has 1 amide bonds. The number of hydrogen-bond acceptors (Lipinski definition) is 2. The first kappa shape index (κ1) is 16.3. The third-order valence-corrected chi connectivity index (χ3v) is 4.04. The van der Waals surface area contributed by atoms with Gasteiger partial charge in [-0.1, -0.05) is 18.6 Å². The maximum absolute atomic E-state index is 13.4. The van der Waals surface area contributed by atoms with E-state index in [0.29, 0.717) is 18.4 Å². The predicted octanol–water partition coefficient (Wildman–Crippen LogP) is 2.47.